The summed E-state index contributed by atoms with van der Waals surface area (Å²) in [7, 11) is 1.47. The molecule has 1 aromatic carbocycles. The molecule has 1 atom stereocenters. The summed E-state index contributed by atoms with van der Waals surface area (Å²) in [4.78, 5) is 52.5. The minimum Gasteiger partial charge on any atom is -0.452 e. The lowest BCUT2D eigenvalue weighted by molar-refractivity contribution is -0.159. The fourth-order valence-electron chi connectivity index (χ4n) is 3.50. The molecule has 138 valence electrons. The molecule has 2 heterocycles. The van der Waals surface area contributed by atoms with Gasteiger partial charge < -0.3 is 15.0 Å². The number of ether oxygens (including phenoxy) is 1. The molecule has 0 radical (unpaired) electrons. The molecule has 8 heteroatoms. The Labute approximate surface area is 151 Å². The van der Waals surface area contributed by atoms with Gasteiger partial charge in [-0.15, -0.1) is 0 Å². The maximum atomic E-state index is 12.9. The number of para-hydroxylation sites is 1. The molecular weight excluding hydrogens is 338 g/mol. The minimum absolute atomic E-state index is 0.0882. The number of esters is 1. The first-order chi connectivity index (χ1) is 12.3. The van der Waals surface area contributed by atoms with Crippen LogP contribution in [0.2, 0.25) is 0 Å². The number of amides is 3. The maximum Gasteiger partial charge on any atom is 0.354 e. The molecule has 0 saturated carbocycles. The van der Waals surface area contributed by atoms with Crippen LogP contribution in [0.4, 0.5) is 5.69 Å². The lowest BCUT2D eigenvalue weighted by atomic mass is 9.97. The van der Waals surface area contributed by atoms with E-state index in [1.54, 1.807) is 38.1 Å². The van der Waals surface area contributed by atoms with Gasteiger partial charge in [0.15, 0.2) is 6.61 Å². The van der Waals surface area contributed by atoms with Crippen LogP contribution in [-0.4, -0.2) is 54.0 Å². The highest BCUT2D eigenvalue weighted by molar-refractivity contribution is 6.15. The van der Waals surface area contributed by atoms with E-state index in [4.69, 9.17) is 4.74 Å². The molecule has 1 saturated heterocycles. The summed E-state index contributed by atoms with van der Waals surface area (Å²) in [5, 5.41) is 2.63. The number of likely N-dealkylation sites (N-methyl/N-ethyl adjacent to an activating group) is 1. The summed E-state index contributed by atoms with van der Waals surface area (Å²) in [5.41, 5.74) is -0.811. The third kappa shape index (κ3) is 2.61. The molecule has 0 unspecified atom stereocenters. The molecule has 2 aliphatic rings. The second-order valence-corrected chi connectivity index (χ2v) is 6.73. The zero-order chi connectivity index (χ0) is 19.1. The molecule has 0 spiro atoms. The number of hydrogen-bond donors (Lipinski definition) is 1. The number of nitrogens with one attached hydrogen (secondary N) is 1. The molecule has 1 aromatic rings. The van der Waals surface area contributed by atoms with Crippen molar-refractivity contribution in [3.63, 3.8) is 0 Å². The maximum absolute atomic E-state index is 12.9. The Bertz CT molecular complexity index is 791. The van der Waals surface area contributed by atoms with Crippen molar-refractivity contribution in [2.24, 2.45) is 0 Å². The Morgan fingerprint density at radius 1 is 1.27 bits per heavy atom. The lowest BCUT2D eigenvalue weighted by Gasteiger charge is -2.46. The fraction of sp³-hybridized carbons (Fsp3) is 0.444. The normalized spacial score (nSPS) is 21.5. The van der Waals surface area contributed by atoms with Gasteiger partial charge in [0, 0.05) is 25.9 Å². The molecule has 8 nitrogen and oxygen atoms in total. The Kier molecular flexibility index (Phi) is 4.43. The van der Waals surface area contributed by atoms with Gasteiger partial charge in [0.05, 0.1) is 11.3 Å². The average molecular weight is 359 g/mol. The Hall–Kier alpha value is -2.90. The average Bonchev–Trinajstić information content (AvgIpc) is 2.96. The molecule has 2 aliphatic heterocycles. The number of carbonyl (C=O) groups is 4. The zero-order valence-electron chi connectivity index (χ0n) is 14.9. The van der Waals surface area contributed by atoms with Crippen molar-refractivity contribution in [3.05, 3.63) is 29.8 Å². The number of anilines is 1. The van der Waals surface area contributed by atoms with Crippen molar-refractivity contribution in [2.75, 3.05) is 18.6 Å². The van der Waals surface area contributed by atoms with E-state index in [0.29, 0.717) is 11.3 Å². The summed E-state index contributed by atoms with van der Waals surface area (Å²) in [6.45, 7) is 3.12. The van der Waals surface area contributed by atoms with Crippen LogP contribution < -0.4 is 10.2 Å². The summed E-state index contributed by atoms with van der Waals surface area (Å²) >= 11 is 0. The minimum atomic E-state index is -1.55. The summed E-state index contributed by atoms with van der Waals surface area (Å²) in [6.07, 6.45) is 0.228. The second kappa shape index (κ2) is 6.44. The zero-order valence-corrected chi connectivity index (χ0v) is 14.9. The van der Waals surface area contributed by atoms with Crippen LogP contribution in [0.15, 0.2) is 24.3 Å². The van der Waals surface area contributed by atoms with Crippen LogP contribution in [-0.2, 0) is 19.1 Å². The quantitative estimate of drug-likeness (QED) is 0.797. The lowest BCUT2D eigenvalue weighted by Crippen LogP contribution is -2.67. The number of rotatable bonds is 4. The van der Waals surface area contributed by atoms with Gasteiger partial charge in [0.1, 0.15) is 0 Å². The van der Waals surface area contributed by atoms with E-state index in [9.17, 15) is 19.2 Å². The van der Waals surface area contributed by atoms with Crippen LogP contribution in [0.1, 0.15) is 37.0 Å². The molecule has 0 aromatic heterocycles. The number of fused-ring (bicyclic) bond motifs is 3. The van der Waals surface area contributed by atoms with Crippen LogP contribution in [0.25, 0.3) is 0 Å². The van der Waals surface area contributed by atoms with Crippen LogP contribution in [0.3, 0.4) is 0 Å². The number of nitrogens with zero attached hydrogens (tertiary/aromatic N) is 2. The summed E-state index contributed by atoms with van der Waals surface area (Å²) in [5.74, 6) is -1.85. The molecule has 3 amide bonds. The third-order valence-corrected chi connectivity index (χ3v) is 4.65. The Balaban J connectivity index is 1.94. The van der Waals surface area contributed by atoms with Crippen LogP contribution >= 0.6 is 0 Å². The van der Waals surface area contributed by atoms with Crippen molar-refractivity contribution >= 4 is 29.4 Å². The van der Waals surface area contributed by atoms with Crippen molar-refractivity contribution in [2.45, 2.75) is 38.4 Å². The number of carbonyl (C=O) groups excluding carboxylic acids is 4. The van der Waals surface area contributed by atoms with Crippen LogP contribution in [0, 0.1) is 0 Å². The monoisotopic (exact) mass is 359 g/mol. The molecular formula is C18H21N3O5. The molecule has 0 bridgehead atoms. The van der Waals surface area contributed by atoms with E-state index < -0.39 is 24.1 Å². The van der Waals surface area contributed by atoms with E-state index in [1.807, 2.05) is 0 Å². The Morgan fingerprint density at radius 2 is 1.96 bits per heavy atom. The van der Waals surface area contributed by atoms with Crippen LogP contribution in [0.5, 0.6) is 0 Å². The van der Waals surface area contributed by atoms with Gasteiger partial charge in [0.2, 0.25) is 11.6 Å². The van der Waals surface area contributed by atoms with Gasteiger partial charge in [0.25, 0.3) is 11.8 Å². The highest BCUT2D eigenvalue weighted by atomic mass is 16.5. The SMILES string of the molecule is CC(C)NC(=O)COC(=O)[C@]12CCC(=O)N1c1ccccc1C(=O)N2C. The Morgan fingerprint density at radius 3 is 2.65 bits per heavy atom. The third-order valence-electron chi connectivity index (χ3n) is 4.65. The van der Waals surface area contributed by atoms with Gasteiger partial charge in [-0.1, -0.05) is 12.1 Å². The highest BCUT2D eigenvalue weighted by Crippen LogP contribution is 2.44. The first kappa shape index (κ1) is 17.9. The topological polar surface area (TPSA) is 96.0 Å². The number of benzene rings is 1. The second-order valence-electron chi connectivity index (χ2n) is 6.73. The highest BCUT2D eigenvalue weighted by Gasteiger charge is 2.60. The standard InChI is InChI=1S/C18H21N3O5/c1-11(2)19-14(22)10-26-17(25)18-9-8-15(23)21(18)13-7-5-4-6-12(13)16(24)20(18)3/h4-7,11H,8-10H2,1-3H3,(H,19,22)/t18-/m0/s1. The van der Waals surface area contributed by atoms with E-state index in [0.717, 1.165) is 0 Å². The van der Waals surface area contributed by atoms with E-state index in [-0.39, 0.29) is 30.7 Å². The number of hydrogen-bond acceptors (Lipinski definition) is 5. The first-order valence-electron chi connectivity index (χ1n) is 8.46. The predicted octanol–water partition coefficient (Wildman–Crippen LogP) is 0.663. The van der Waals surface area contributed by atoms with Crippen molar-refractivity contribution < 1.29 is 23.9 Å². The van der Waals surface area contributed by atoms with Crippen molar-refractivity contribution in [1.82, 2.24) is 10.2 Å². The van der Waals surface area contributed by atoms with Gasteiger partial charge in [-0.2, -0.15) is 0 Å². The van der Waals surface area contributed by atoms with Gasteiger partial charge in [-0.25, -0.2) is 4.79 Å². The molecule has 3 rings (SSSR count). The largest absolute Gasteiger partial charge is 0.452 e. The smallest absolute Gasteiger partial charge is 0.354 e. The molecule has 1 fully saturated rings. The van der Waals surface area contributed by atoms with Gasteiger partial charge in [-0.3, -0.25) is 19.3 Å². The molecule has 26 heavy (non-hydrogen) atoms. The molecule has 0 aliphatic carbocycles. The summed E-state index contributed by atoms with van der Waals surface area (Å²) in [6, 6.07) is 6.57. The fourth-order valence-corrected chi connectivity index (χ4v) is 3.50. The first-order valence-corrected chi connectivity index (χ1v) is 8.46. The van der Waals surface area contributed by atoms with E-state index in [1.165, 1.54) is 16.8 Å². The predicted molar refractivity (Wildman–Crippen MR) is 92.2 cm³/mol. The summed E-state index contributed by atoms with van der Waals surface area (Å²) < 4.78 is 5.19. The molecule has 1 N–H and O–H groups in total. The van der Waals surface area contributed by atoms with Gasteiger partial charge in [-0.05, 0) is 26.0 Å². The van der Waals surface area contributed by atoms with Crippen molar-refractivity contribution in [1.29, 1.82) is 0 Å². The van der Waals surface area contributed by atoms with Gasteiger partial charge >= 0.3 is 5.97 Å². The van der Waals surface area contributed by atoms with E-state index in [2.05, 4.69) is 5.32 Å². The van der Waals surface area contributed by atoms with E-state index >= 15 is 0 Å². The van der Waals surface area contributed by atoms with Crippen molar-refractivity contribution in [3.8, 4) is 0 Å².